The zero-order chi connectivity index (χ0) is 28.4. The Kier molecular flexibility index (Phi) is 11.1. The molecule has 5 heteroatoms. The quantitative estimate of drug-likeness (QED) is 0.187. The summed E-state index contributed by atoms with van der Waals surface area (Å²) in [5, 5.41) is 13.3. The molecule has 3 heterocycles. The molecule has 3 aromatic heterocycles. The van der Waals surface area contributed by atoms with Gasteiger partial charge >= 0.3 is 0 Å². The van der Waals surface area contributed by atoms with Gasteiger partial charge in [0.05, 0.1) is 11.2 Å². The van der Waals surface area contributed by atoms with E-state index in [4.69, 9.17) is 5.10 Å². The molecule has 0 amide bonds. The van der Waals surface area contributed by atoms with Crippen LogP contribution in [0.4, 0.5) is 0 Å². The van der Waals surface area contributed by atoms with Crippen LogP contribution in [-0.2, 0) is 0 Å². The second kappa shape index (κ2) is 14.5. The fourth-order valence-electron chi connectivity index (χ4n) is 4.61. The topological polar surface area (TPSA) is 47.7 Å². The largest absolute Gasteiger partial charge is 0.357 e. The molecule has 0 radical (unpaired) electrons. The summed E-state index contributed by atoms with van der Waals surface area (Å²) < 4.78 is 0. The van der Waals surface area contributed by atoms with Gasteiger partial charge in [-0.1, -0.05) is 63.5 Å². The number of hydrogen-bond donors (Lipinski definition) is 2. The second-order valence-corrected chi connectivity index (χ2v) is 10.2. The van der Waals surface area contributed by atoms with Gasteiger partial charge in [-0.25, -0.2) is 0 Å². The minimum Gasteiger partial charge on any atom is -0.357 e. The molecule has 0 atom stereocenters. The predicted octanol–water partition coefficient (Wildman–Crippen LogP) is 9.43. The molecule has 1 aromatic carbocycles. The molecule has 0 aliphatic rings. The van der Waals surface area contributed by atoms with Crippen molar-refractivity contribution in [3.8, 4) is 11.4 Å². The van der Waals surface area contributed by atoms with Crippen LogP contribution in [0.3, 0.4) is 0 Å². The molecule has 4 aromatic rings. The van der Waals surface area contributed by atoms with E-state index < -0.39 is 0 Å². The van der Waals surface area contributed by atoms with Crippen molar-refractivity contribution in [2.75, 3.05) is 20.6 Å². The molecule has 204 valence electrons. The molecule has 0 unspecified atom stereocenters. The van der Waals surface area contributed by atoms with Gasteiger partial charge in [-0.3, -0.25) is 5.10 Å². The summed E-state index contributed by atoms with van der Waals surface area (Å²) in [6.45, 7) is 17.2. The Bertz CT molecular complexity index is 1470. The fraction of sp³-hybridized carbons (Fsp3) is 0.265. The number of aromatic amines is 2. The smallest absolute Gasteiger partial charge is 0.116 e. The van der Waals surface area contributed by atoms with Crippen molar-refractivity contribution in [1.29, 1.82) is 0 Å². The summed E-state index contributed by atoms with van der Waals surface area (Å²) in [5.41, 5.74) is 11.1. The minimum absolute atomic E-state index is 0.920. The average Bonchev–Trinajstić information content (AvgIpc) is 3.70. The third-order valence-corrected chi connectivity index (χ3v) is 7.24. The lowest BCUT2D eigenvalue weighted by Gasteiger charge is -2.10. The van der Waals surface area contributed by atoms with Crippen LogP contribution in [0.1, 0.15) is 56.0 Å². The highest BCUT2D eigenvalue weighted by Gasteiger charge is 2.16. The van der Waals surface area contributed by atoms with Crippen molar-refractivity contribution < 1.29 is 0 Å². The van der Waals surface area contributed by atoms with Crippen molar-refractivity contribution >= 4 is 33.4 Å². The number of thiophene rings is 1. The van der Waals surface area contributed by atoms with E-state index in [0.717, 1.165) is 58.5 Å². The number of allylic oxidation sites excluding steroid dienone is 7. The Labute approximate surface area is 238 Å². The molecule has 0 aliphatic heterocycles. The van der Waals surface area contributed by atoms with Gasteiger partial charge in [0, 0.05) is 16.6 Å². The third kappa shape index (κ3) is 7.25. The normalized spacial score (nSPS) is 12.5. The molecule has 39 heavy (non-hydrogen) atoms. The number of nitrogens with zero attached hydrogens (tertiary/aromatic N) is 2. The molecule has 0 saturated carbocycles. The number of aromatic nitrogens is 3. The number of rotatable bonds is 11. The highest BCUT2D eigenvalue weighted by molar-refractivity contribution is 7.08. The van der Waals surface area contributed by atoms with Crippen LogP contribution < -0.4 is 0 Å². The lowest BCUT2D eigenvalue weighted by atomic mass is 9.98. The molecule has 4 rings (SSSR count). The van der Waals surface area contributed by atoms with Crippen molar-refractivity contribution in [3.63, 3.8) is 0 Å². The van der Waals surface area contributed by atoms with Gasteiger partial charge in [0.15, 0.2) is 0 Å². The van der Waals surface area contributed by atoms with Gasteiger partial charge in [0.2, 0.25) is 0 Å². The van der Waals surface area contributed by atoms with E-state index in [9.17, 15) is 0 Å². The van der Waals surface area contributed by atoms with Crippen molar-refractivity contribution in [1.82, 2.24) is 20.1 Å². The Morgan fingerprint density at radius 3 is 2.54 bits per heavy atom. The maximum Gasteiger partial charge on any atom is 0.116 e. The number of fused-ring (bicyclic) bond motifs is 1. The lowest BCUT2D eigenvalue weighted by molar-refractivity contribution is 0.400. The fourth-order valence-corrected chi connectivity index (χ4v) is 5.26. The second-order valence-electron chi connectivity index (χ2n) is 9.46. The Morgan fingerprint density at radius 1 is 1.10 bits per heavy atom. The van der Waals surface area contributed by atoms with Gasteiger partial charge in [-0.2, -0.15) is 16.4 Å². The van der Waals surface area contributed by atoms with E-state index in [1.807, 2.05) is 26.0 Å². The van der Waals surface area contributed by atoms with Gasteiger partial charge < -0.3 is 9.88 Å². The van der Waals surface area contributed by atoms with Crippen LogP contribution in [0, 0.1) is 6.92 Å². The van der Waals surface area contributed by atoms with Gasteiger partial charge in [0.25, 0.3) is 0 Å². The first-order valence-corrected chi connectivity index (χ1v) is 14.6. The summed E-state index contributed by atoms with van der Waals surface area (Å²) in [5.74, 6) is 0. The van der Waals surface area contributed by atoms with Crippen LogP contribution in [-0.4, -0.2) is 40.7 Å². The van der Waals surface area contributed by atoms with Gasteiger partial charge in [-0.05, 0) is 110 Å². The van der Waals surface area contributed by atoms with Crippen LogP contribution in [0.2, 0.25) is 0 Å². The van der Waals surface area contributed by atoms with Crippen molar-refractivity contribution in [2.45, 2.75) is 40.5 Å². The molecular formula is C34H42N4S. The average molecular weight is 539 g/mol. The molecule has 4 nitrogen and oxygen atoms in total. The SMILES string of the molecule is C=C/C=C(/c1ccsc1)c1cc(-c2n[nH]c3ccc(C(/C=C(\C=C)CCCN(C)C)=C/C)cc23)[nH]c1C.CC. The highest BCUT2D eigenvalue weighted by Crippen LogP contribution is 2.34. The lowest BCUT2D eigenvalue weighted by Crippen LogP contribution is -2.12. The third-order valence-electron chi connectivity index (χ3n) is 6.56. The van der Waals surface area contributed by atoms with Gasteiger partial charge in [-0.15, -0.1) is 0 Å². The van der Waals surface area contributed by atoms with E-state index in [1.54, 1.807) is 11.3 Å². The summed E-state index contributed by atoms with van der Waals surface area (Å²) in [6, 6.07) is 10.8. The Hall–Kier alpha value is -3.67. The van der Waals surface area contributed by atoms with E-state index in [2.05, 4.69) is 115 Å². The first-order chi connectivity index (χ1) is 18.9. The Morgan fingerprint density at radius 2 is 1.90 bits per heavy atom. The number of H-pyrrole nitrogens is 2. The van der Waals surface area contributed by atoms with E-state index in [-0.39, 0.29) is 0 Å². The number of benzene rings is 1. The van der Waals surface area contributed by atoms with E-state index >= 15 is 0 Å². The van der Waals surface area contributed by atoms with Crippen LogP contribution >= 0.6 is 11.3 Å². The number of aryl methyl sites for hydroxylation is 1. The first-order valence-electron chi connectivity index (χ1n) is 13.6. The van der Waals surface area contributed by atoms with Crippen LogP contribution in [0.5, 0.6) is 0 Å². The summed E-state index contributed by atoms with van der Waals surface area (Å²) in [4.78, 5) is 5.80. The number of hydrogen-bond acceptors (Lipinski definition) is 3. The molecule has 2 N–H and O–H groups in total. The maximum atomic E-state index is 4.70. The van der Waals surface area contributed by atoms with E-state index in [1.165, 1.54) is 22.3 Å². The highest BCUT2D eigenvalue weighted by atomic mass is 32.1. The zero-order valence-corrected chi connectivity index (χ0v) is 25.1. The number of nitrogens with one attached hydrogen (secondary N) is 2. The standard InChI is InChI=1S/C32H36N4S.C2H6/c1-7-11-27(26-15-17-37-21-26)28-20-31(33-22(28)4)32-29-19-25(13-14-30(29)34-35-32)24(9-3)18-23(8-2)12-10-16-36(5)6;1-2/h7-9,11,13-15,17-21,33H,1-2,10,12,16H2,3-6H3,(H,34,35);1-2H3/b23-18+,24-9+,27-11-;. The molecule has 0 spiro atoms. The van der Waals surface area contributed by atoms with Crippen LogP contribution in [0.25, 0.3) is 33.4 Å². The van der Waals surface area contributed by atoms with Crippen molar-refractivity contribution in [3.05, 3.63) is 113 Å². The monoisotopic (exact) mass is 538 g/mol. The maximum absolute atomic E-state index is 4.70. The molecular weight excluding hydrogens is 496 g/mol. The zero-order valence-electron chi connectivity index (χ0n) is 24.3. The molecule has 0 aliphatic carbocycles. The molecule has 0 saturated heterocycles. The van der Waals surface area contributed by atoms with Crippen LogP contribution in [0.15, 0.2) is 90.2 Å². The Balaban J connectivity index is 0.00000205. The molecule has 0 bridgehead atoms. The summed E-state index contributed by atoms with van der Waals surface area (Å²) in [7, 11) is 4.22. The minimum atomic E-state index is 0.920. The van der Waals surface area contributed by atoms with Gasteiger partial charge in [0.1, 0.15) is 5.69 Å². The van der Waals surface area contributed by atoms with E-state index in [0.29, 0.717) is 0 Å². The summed E-state index contributed by atoms with van der Waals surface area (Å²) >= 11 is 1.70. The predicted molar refractivity (Wildman–Crippen MR) is 173 cm³/mol. The molecule has 0 fully saturated rings. The first kappa shape index (κ1) is 29.9. The van der Waals surface area contributed by atoms with Crippen molar-refractivity contribution in [2.24, 2.45) is 0 Å². The summed E-state index contributed by atoms with van der Waals surface area (Å²) in [6.07, 6.45) is 12.4.